The Labute approximate surface area is 130 Å². The molecular formula is C15H21ClN2O3. The molecule has 1 N–H and O–H groups in total. The van der Waals surface area contributed by atoms with E-state index in [-0.39, 0.29) is 18.3 Å². The second-order valence-corrected chi connectivity index (χ2v) is 4.67. The lowest BCUT2D eigenvalue weighted by atomic mass is 10.1. The van der Waals surface area contributed by atoms with Crippen molar-refractivity contribution in [3.05, 3.63) is 35.6 Å². The minimum absolute atomic E-state index is 0. The Morgan fingerprint density at radius 3 is 2.76 bits per heavy atom. The Balaban J connectivity index is 0.00000220. The Kier molecular flexibility index (Phi) is 6.68. The van der Waals surface area contributed by atoms with Crippen LogP contribution in [0, 0.1) is 0 Å². The summed E-state index contributed by atoms with van der Waals surface area (Å²) < 4.78 is 10.9. The van der Waals surface area contributed by atoms with Crippen LogP contribution in [0.1, 0.15) is 16.1 Å². The molecule has 2 rings (SSSR count). The fourth-order valence-electron chi connectivity index (χ4n) is 2.11. The number of nitrogens with zero attached hydrogens (tertiary/aromatic N) is 1. The molecule has 0 saturated carbocycles. The molecule has 0 bridgehead atoms. The molecular weight excluding hydrogens is 292 g/mol. The lowest BCUT2D eigenvalue weighted by Crippen LogP contribution is -2.33. The number of likely N-dealkylation sites (N-methyl/N-ethyl adjacent to an activating group) is 2. The second-order valence-electron chi connectivity index (χ2n) is 4.67. The van der Waals surface area contributed by atoms with Gasteiger partial charge < -0.3 is 19.4 Å². The van der Waals surface area contributed by atoms with E-state index < -0.39 is 0 Å². The third kappa shape index (κ3) is 3.75. The highest BCUT2D eigenvalue weighted by atomic mass is 35.5. The van der Waals surface area contributed by atoms with Gasteiger partial charge in [0.15, 0.2) is 5.76 Å². The van der Waals surface area contributed by atoms with Gasteiger partial charge in [0.25, 0.3) is 5.91 Å². The van der Waals surface area contributed by atoms with Crippen molar-refractivity contribution in [1.29, 1.82) is 0 Å². The van der Waals surface area contributed by atoms with Crippen molar-refractivity contribution in [2.24, 2.45) is 0 Å². The highest BCUT2D eigenvalue weighted by Gasteiger charge is 2.22. The zero-order valence-corrected chi connectivity index (χ0v) is 13.3. The SMILES string of the molecule is CNCCN(C)C(=O)c1oc2ccccc2c1COC.Cl. The molecule has 21 heavy (non-hydrogen) atoms. The van der Waals surface area contributed by atoms with E-state index in [2.05, 4.69) is 5.32 Å². The van der Waals surface area contributed by atoms with E-state index in [1.54, 1.807) is 19.1 Å². The number of furan rings is 1. The topological polar surface area (TPSA) is 54.7 Å². The minimum atomic E-state index is -0.122. The van der Waals surface area contributed by atoms with Crippen molar-refractivity contribution < 1.29 is 13.9 Å². The maximum Gasteiger partial charge on any atom is 0.289 e. The van der Waals surface area contributed by atoms with Gasteiger partial charge in [-0.3, -0.25) is 4.79 Å². The van der Waals surface area contributed by atoms with Crippen LogP contribution in [0.2, 0.25) is 0 Å². The normalized spacial score (nSPS) is 10.4. The highest BCUT2D eigenvalue weighted by Crippen LogP contribution is 2.27. The maximum absolute atomic E-state index is 12.5. The summed E-state index contributed by atoms with van der Waals surface area (Å²) in [6, 6.07) is 7.62. The lowest BCUT2D eigenvalue weighted by Gasteiger charge is -2.16. The fourth-order valence-corrected chi connectivity index (χ4v) is 2.11. The standard InChI is InChI=1S/C15H20N2O3.ClH/c1-16-8-9-17(2)15(18)14-12(10-19-3)11-6-4-5-7-13(11)20-14;/h4-7,16H,8-10H2,1-3H3;1H. The average Bonchev–Trinajstić information content (AvgIpc) is 2.83. The molecule has 5 nitrogen and oxygen atoms in total. The number of carbonyl (C=O) groups is 1. The summed E-state index contributed by atoms with van der Waals surface area (Å²) in [5, 5.41) is 3.95. The number of ether oxygens (including phenoxy) is 1. The molecule has 1 aromatic heterocycles. The maximum atomic E-state index is 12.5. The summed E-state index contributed by atoms with van der Waals surface area (Å²) >= 11 is 0. The number of hydrogen-bond acceptors (Lipinski definition) is 4. The van der Waals surface area contributed by atoms with Crippen molar-refractivity contribution in [2.45, 2.75) is 6.61 Å². The number of rotatable bonds is 6. The van der Waals surface area contributed by atoms with E-state index in [1.807, 2.05) is 31.3 Å². The molecule has 1 amide bonds. The number of hydrogen-bond donors (Lipinski definition) is 1. The van der Waals surface area contributed by atoms with Crippen LogP contribution in [0.3, 0.4) is 0 Å². The summed E-state index contributed by atoms with van der Waals surface area (Å²) in [6.07, 6.45) is 0. The molecule has 0 spiro atoms. The fraction of sp³-hybridized carbons (Fsp3) is 0.400. The zero-order valence-electron chi connectivity index (χ0n) is 12.5. The Morgan fingerprint density at radius 2 is 2.10 bits per heavy atom. The smallest absolute Gasteiger partial charge is 0.289 e. The van der Waals surface area contributed by atoms with Crippen LogP contribution in [0.4, 0.5) is 0 Å². The number of methoxy groups -OCH3 is 1. The number of amides is 1. The molecule has 0 aliphatic carbocycles. The molecule has 0 aliphatic rings. The summed E-state index contributed by atoms with van der Waals surface area (Å²) in [6.45, 7) is 1.72. The van der Waals surface area contributed by atoms with Gasteiger partial charge in [-0.1, -0.05) is 18.2 Å². The molecule has 0 aliphatic heterocycles. The molecule has 0 atom stereocenters. The van der Waals surface area contributed by atoms with Gasteiger partial charge in [-0.2, -0.15) is 0 Å². The van der Waals surface area contributed by atoms with E-state index in [4.69, 9.17) is 9.15 Å². The number of halogens is 1. The number of nitrogens with one attached hydrogen (secondary N) is 1. The first-order valence-electron chi connectivity index (χ1n) is 6.58. The molecule has 2 aromatic rings. The van der Waals surface area contributed by atoms with Crippen molar-refractivity contribution >= 4 is 29.3 Å². The average molecular weight is 313 g/mol. The van der Waals surface area contributed by atoms with Gasteiger partial charge in [0, 0.05) is 38.2 Å². The number of para-hydroxylation sites is 1. The zero-order chi connectivity index (χ0) is 14.5. The first-order chi connectivity index (χ1) is 9.69. The monoisotopic (exact) mass is 312 g/mol. The van der Waals surface area contributed by atoms with Gasteiger partial charge in [-0.25, -0.2) is 0 Å². The highest BCUT2D eigenvalue weighted by molar-refractivity contribution is 5.98. The van der Waals surface area contributed by atoms with Crippen LogP contribution in [0.15, 0.2) is 28.7 Å². The summed E-state index contributed by atoms with van der Waals surface area (Å²) in [5.74, 6) is 0.246. The van der Waals surface area contributed by atoms with E-state index in [0.29, 0.717) is 24.5 Å². The molecule has 0 fully saturated rings. The molecule has 0 radical (unpaired) electrons. The third-order valence-corrected chi connectivity index (χ3v) is 3.23. The van der Waals surface area contributed by atoms with Crippen LogP contribution in [-0.2, 0) is 11.3 Å². The quantitative estimate of drug-likeness (QED) is 0.889. The second kappa shape index (κ2) is 8.02. The molecule has 0 saturated heterocycles. The van der Waals surface area contributed by atoms with Crippen molar-refractivity contribution in [3.63, 3.8) is 0 Å². The first-order valence-corrected chi connectivity index (χ1v) is 6.58. The number of fused-ring (bicyclic) bond motifs is 1. The third-order valence-electron chi connectivity index (χ3n) is 3.23. The lowest BCUT2D eigenvalue weighted by molar-refractivity contribution is 0.0761. The van der Waals surface area contributed by atoms with Gasteiger partial charge in [0.2, 0.25) is 0 Å². The van der Waals surface area contributed by atoms with E-state index in [1.165, 1.54) is 0 Å². The first kappa shape index (κ1) is 17.5. The summed E-state index contributed by atoms with van der Waals surface area (Å²) in [7, 11) is 5.24. The predicted octanol–water partition coefficient (Wildman–Crippen LogP) is 2.29. The van der Waals surface area contributed by atoms with E-state index >= 15 is 0 Å². The molecule has 0 unspecified atom stereocenters. The van der Waals surface area contributed by atoms with Gasteiger partial charge in [0.1, 0.15) is 5.58 Å². The van der Waals surface area contributed by atoms with Gasteiger partial charge in [0.05, 0.1) is 6.61 Å². The molecule has 1 heterocycles. The van der Waals surface area contributed by atoms with E-state index in [0.717, 1.165) is 17.5 Å². The Hall–Kier alpha value is -1.56. The number of benzene rings is 1. The van der Waals surface area contributed by atoms with Gasteiger partial charge in [-0.05, 0) is 13.1 Å². The van der Waals surface area contributed by atoms with Crippen molar-refractivity contribution in [3.8, 4) is 0 Å². The van der Waals surface area contributed by atoms with Crippen LogP contribution < -0.4 is 5.32 Å². The van der Waals surface area contributed by atoms with Crippen molar-refractivity contribution in [2.75, 3.05) is 34.3 Å². The van der Waals surface area contributed by atoms with Crippen LogP contribution in [0.25, 0.3) is 11.0 Å². The molecule has 6 heteroatoms. The Morgan fingerprint density at radius 1 is 1.38 bits per heavy atom. The van der Waals surface area contributed by atoms with Crippen LogP contribution in [-0.4, -0.2) is 45.1 Å². The predicted molar refractivity (Wildman–Crippen MR) is 85.1 cm³/mol. The molecule has 116 valence electrons. The molecule has 1 aromatic carbocycles. The van der Waals surface area contributed by atoms with Crippen LogP contribution >= 0.6 is 12.4 Å². The minimum Gasteiger partial charge on any atom is -0.451 e. The Bertz CT molecular complexity index is 598. The van der Waals surface area contributed by atoms with E-state index in [9.17, 15) is 4.79 Å². The van der Waals surface area contributed by atoms with Gasteiger partial charge >= 0.3 is 0 Å². The van der Waals surface area contributed by atoms with Crippen molar-refractivity contribution in [1.82, 2.24) is 10.2 Å². The largest absolute Gasteiger partial charge is 0.451 e. The number of carbonyl (C=O) groups excluding carboxylic acids is 1. The van der Waals surface area contributed by atoms with Gasteiger partial charge in [-0.15, -0.1) is 12.4 Å². The summed E-state index contributed by atoms with van der Waals surface area (Å²) in [4.78, 5) is 14.1. The summed E-state index contributed by atoms with van der Waals surface area (Å²) in [5.41, 5.74) is 1.52. The van der Waals surface area contributed by atoms with Crippen LogP contribution in [0.5, 0.6) is 0 Å².